The van der Waals surface area contributed by atoms with Gasteiger partial charge in [0.25, 0.3) is 5.56 Å². The number of thioether (sulfide) groups is 1. The van der Waals surface area contributed by atoms with Crippen molar-refractivity contribution >= 4 is 51.8 Å². The number of nitrogens with one attached hydrogen (secondary N) is 1. The Labute approximate surface area is 253 Å². The van der Waals surface area contributed by atoms with Crippen molar-refractivity contribution in [2.24, 2.45) is 0 Å². The zero-order valence-corrected chi connectivity index (χ0v) is 24.6. The summed E-state index contributed by atoms with van der Waals surface area (Å²) in [7, 11) is 0. The zero-order valence-electron chi connectivity index (χ0n) is 22.3. The number of benzene rings is 4. The van der Waals surface area contributed by atoms with Gasteiger partial charge in [0.15, 0.2) is 5.16 Å². The van der Waals surface area contributed by atoms with E-state index in [0.29, 0.717) is 56.9 Å². The first-order valence-electron chi connectivity index (χ1n) is 13.5. The Morgan fingerprint density at radius 3 is 2.22 bits per heavy atom. The number of amides is 1. The average molecular weight is 603 g/mol. The summed E-state index contributed by atoms with van der Waals surface area (Å²) < 4.78 is 1.53. The van der Waals surface area contributed by atoms with Crippen molar-refractivity contribution in [1.29, 1.82) is 0 Å². The second-order valence-corrected chi connectivity index (χ2v) is 11.5. The van der Waals surface area contributed by atoms with E-state index in [1.165, 1.54) is 27.5 Å². The molecule has 5 rings (SSSR count). The maximum absolute atomic E-state index is 13.5. The second kappa shape index (κ2) is 13.9. The van der Waals surface area contributed by atoms with Crippen molar-refractivity contribution in [3.63, 3.8) is 0 Å². The number of rotatable bonds is 11. The van der Waals surface area contributed by atoms with E-state index in [2.05, 4.69) is 29.6 Å². The molecule has 5 nitrogen and oxygen atoms in total. The molecule has 0 atom stereocenters. The number of carbonyl (C=O) groups is 1. The minimum Gasteiger partial charge on any atom is -0.356 e. The summed E-state index contributed by atoms with van der Waals surface area (Å²) in [5, 5.41) is 4.96. The molecule has 208 valence electrons. The number of aromatic nitrogens is 2. The minimum atomic E-state index is -0.202. The maximum atomic E-state index is 13.5. The number of carbonyl (C=O) groups excluding carboxylic acids is 1. The van der Waals surface area contributed by atoms with Gasteiger partial charge < -0.3 is 5.32 Å². The van der Waals surface area contributed by atoms with Gasteiger partial charge in [0.05, 0.1) is 21.6 Å². The quantitative estimate of drug-likeness (QED) is 0.0949. The van der Waals surface area contributed by atoms with Gasteiger partial charge in [-0.25, -0.2) is 4.98 Å². The molecular weight excluding hydrogens is 573 g/mol. The van der Waals surface area contributed by atoms with Gasteiger partial charge in [-0.15, -0.1) is 0 Å². The van der Waals surface area contributed by atoms with Crippen LogP contribution in [0.1, 0.15) is 36.3 Å². The van der Waals surface area contributed by atoms with Crippen LogP contribution in [-0.4, -0.2) is 27.8 Å². The van der Waals surface area contributed by atoms with Crippen molar-refractivity contribution in [3.8, 4) is 5.69 Å². The summed E-state index contributed by atoms with van der Waals surface area (Å²) in [5.41, 5.74) is 3.40. The second-order valence-electron chi connectivity index (χ2n) is 9.61. The number of fused-ring (bicyclic) bond motifs is 1. The molecule has 0 radical (unpaired) electrons. The van der Waals surface area contributed by atoms with Crippen LogP contribution in [0.15, 0.2) is 113 Å². The predicted octanol–water partition coefficient (Wildman–Crippen LogP) is 7.90. The smallest absolute Gasteiger partial charge is 0.266 e. The van der Waals surface area contributed by atoms with Crippen LogP contribution in [0.25, 0.3) is 16.6 Å². The van der Waals surface area contributed by atoms with Crippen molar-refractivity contribution in [2.75, 3.05) is 12.3 Å². The van der Waals surface area contributed by atoms with E-state index in [4.69, 9.17) is 28.2 Å². The highest BCUT2D eigenvalue weighted by molar-refractivity contribution is 7.99. The fourth-order valence-corrected chi connectivity index (χ4v) is 6.26. The summed E-state index contributed by atoms with van der Waals surface area (Å²) in [6.45, 7) is 0.585. The Balaban J connectivity index is 1.21. The van der Waals surface area contributed by atoms with Gasteiger partial charge >= 0.3 is 0 Å². The van der Waals surface area contributed by atoms with Gasteiger partial charge in [0.1, 0.15) is 0 Å². The maximum Gasteiger partial charge on any atom is 0.266 e. The summed E-state index contributed by atoms with van der Waals surface area (Å²) in [5.74, 6) is 0.832. The van der Waals surface area contributed by atoms with Crippen LogP contribution in [0.5, 0.6) is 0 Å². The van der Waals surface area contributed by atoms with Crippen LogP contribution in [-0.2, 0) is 4.79 Å². The Kier molecular flexibility index (Phi) is 9.78. The molecule has 1 heterocycles. The number of halogens is 2. The highest BCUT2D eigenvalue weighted by atomic mass is 35.5. The Bertz CT molecular complexity index is 1650. The summed E-state index contributed by atoms with van der Waals surface area (Å²) >= 11 is 14.0. The number of hydrogen-bond acceptors (Lipinski definition) is 4. The first-order valence-corrected chi connectivity index (χ1v) is 15.2. The van der Waals surface area contributed by atoms with Crippen LogP contribution in [0.4, 0.5) is 0 Å². The third-order valence-electron chi connectivity index (χ3n) is 6.83. The molecule has 1 aromatic heterocycles. The zero-order chi connectivity index (χ0) is 28.6. The van der Waals surface area contributed by atoms with Crippen molar-refractivity contribution in [3.05, 3.63) is 135 Å². The van der Waals surface area contributed by atoms with E-state index < -0.39 is 0 Å². The Morgan fingerprint density at radius 2 is 1.54 bits per heavy atom. The summed E-state index contributed by atoms with van der Waals surface area (Å²) in [4.78, 5) is 30.9. The molecule has 4 aromatic carbocycles. The molecule has 5 aromatic rings. The summed E-state index contributed by atoms with van der Waals surface area (Å²) in [6.07, 6.45) is 1.83. The molecule has 0 aliphatic rings. The Morgan fingerprint density at radius 1 is 0.878 bits per heavy atom. The molecule has 0 aliphatic heterocycles. The van der Waals surface area contributed by atoms with Crippen molar-refractivity contribution in [2.45, 2.75) is 30.3 Å². The summed E-state index contributed by atoms with van der Waals surface area (Å²) in [6, 6.07) is 33.0. The van der Waals surface area contributed by atoms with Crippen molar-refractivity contribution < 1.29 is 4.79 Å². The van der Waals surface area contributed by atoms with Crippen LogP contribution in [0.2, 0.25) is 10.0 Å². The highest BCUT2D eigenvalue weighted by Gasteiger charge is 2.17. The first-order chi connectivity index (χ1) is 20.0. The fraction of sp³-hybridized carbons (Fsp3) is 0.182. The van der Waals surface area contributed by atoms with E-state index in [1.54, 1.807) is 24.3 Å². The standard InChI is InChI=1S/C33H29Cl2N3O2S/c34-25-17-18-30(28(35)22-25)38-32(40)27-14-7-8-15-29(27)37-33(38)41-21-9-16-31(39)36-20-19-26(23-10-3-1-4-11-23)24-12-5-2-6-13-24/h1-8,10-15,17-18,22,26H,9,16,19-21H2,(H,36,39). The molecule has 0 saturated heterocycles. The van der Waals surface area contributed by atoms with Crippen molar-refractivity contribution in [1.82, 2.24) is 14.9 Å². The normalized spacial score (nSPS) is 11.2. The van der Waals surface area contributed by atoms with Gasteiger partial charge in [0, 0.05) is 29.7 Å². The number of nitrogens with zero attached hydrogens (tertiary/aromatic N) is 2. The average Bonchev–Trinajstić information content (AvgIpc) is 2.99. The molecule has 0 fully saturated rings. The number of para-hydroxylation sites is 1. The fourth-order valence-electron chi connectivity index (χ4n) is 4.82. The van der Waals surface area contributed by atoms with Gasteiger partial charge in [-0.1, -0.05) is 108 Å². The molecule has 41 heavy (non-hydrogen) atoms. The SMILES string of the molecule is O=C(CCCSc1nc2ccccc2c(=O)n1-c1ccc(Cl)cc1Cl)NCCC(c1ccccc1)c1ccccc1. The van der Waals surface area contributed by atoms with E-state index in [-0.39, 0.29) is 17.4 Å². The molecular formula is C33H29Cl2N3O2S. The predicted molar refractivity (Wildman–Crippen MR) is 170 cm³/mol. The van der Waals surface area contributed by atoms with Gasteiger partial charge in [-0.05, 0) is 54.3 Å². The lowest BCUT2D eigenvalue weighted by Crippen LogP contribution is -2.25. The van der Waals surface area contributed by atoms with Crippen LogP contribution in [0, 0.1) is 0 Å². The largest absolute Gasteiger partial charge is 0.356 e. The monoisotopic (exact) mass is 601 g/mol. The minimum absolute atomic E-state index is 0.00933. The molecule has 1 amide bonds. The first kappa shape index (κ1) is 28.9. The van der Waals surface area contributed by atoms with Gasteiger partial charge in [-0.3, -0.25) is 14.2 Å². The van der Waals surface area contributed by atoms with E-state index in [1.807, 2.05) is 54.6 Å². The molecule has 8 heteroatoms. The van der Waals surface area contributed by atoms with Gasteiger partial charge in [-0.2, -0.15) is 0 Å². The molecule has 1 N–H and O–H groups in total. The Hall–Kier alpha value is -3.58. The lowest BCUT2D eigenvalue weighted by atomic mass is 9.88. The van der Waals surface area contributed by atoms with E-state index >= 15 is 0 Å². The van der Waals surface area contributed by atoms with Crippen LogP contribution in [0.3, 0.4) is 0 Å². The van der Waals surface area contributed by atoms with Crippen LogP contribution < -0.4 is 10.9 Å². The molecule has 0 bridgehead atoms. The van der Waals surface area contributed by atoms with E-state index in [0.717, 1.165) is 6.42 Å². The third kappa shape index (κ3) is 7.20. The molecule has 0 spiro atoms. The molecule has 0 unspecified atom stereocenters. The lowest BCUT2D eigenvalue weighted by molar-refractivity contribution is -0.121. The highest BCUT2D eigenvalue weighted by Crippen LogP contribution is 2.29. The number of hydrogen-bond donors (Lipinski definition) is 1. The van der Waals surface area contributed by atoms with Gasteiger partial charge in [0.2, 0.25) is 5.91 Å². The lowest BCUT2D eigenvalue weighted by Gasteiger charge is -2.18. The van der Waals surface area contributed by atoms with Crippen LogP contribution >= 0.6 is 35.0 Å². The topological polar surface area (TPSA) is 64.0 Å². The molecule has 0 aliphatic carbocycles. The van der Waals surface area contributed by atoms with E-state index in [9.17, 15) is 9.59 Å². The third-order valence-corrected chi connectivity index (χ3v) is 8.40. The molecule has 0 saturated carbocycles.